The van der Waals surface area contributed by atoms with Crippen molar-refractivity contribution in [3.05, 3.63) is 35.9 Å². The number of amides is 1. The minimum Gasteiger partial charge on any atom is -0.393 e. The summed E-state index contributed by atoms with van der Waals surface area (Å²) in [7, 11) is 0. The summed E-state index contributed by atoms with van der Waals surface area (Å²) in [6.45, 7) is 2.23. The van der Waals surface area contributed by atoms with Crippen molar-refractivity contribution in [2.24, 2.45) is 29.6 Å². The summed E-state index contributed by atoms with van der Waals surface area (Å²) in [5, 5.41) is 34.5. The van der Waals surface area contributed by atoms with Gasteiger partial charge in [0, 0.05) is 0 Å². The van der Waals surface area contributed by atoms with E-state index in [1.54, 1.807) is 0 Å². The zero-order valence-corrected chi connectivity index (χ0v) is 23.6. The van der Waals surface area contributed by atoms with Crippen LogP contribution in [0.3, 0.4) is 0 Å². The summed E-state index contributed by atoms with van der Waals surface area (Å²) in [6, 6.07) is 9.51. The van der Waals surface area contributed by atoms with Crippen molar-refractivity contribution < 1.29 is 29.8 Å². The zero-order chi connectivity index (χ0) is 27.6. The molecule has 0 radical (unpaired) electrons. The number of carbonyl (C=O) groups is 1. The Kier molecular flexibility index (Phi) is 12.0. The SMILES string of the molecule is CCCCC[C@H](O)CC[C@@H]1[C@H]2CC3CCCC(OCC(=O)NCN(O)OCc4ccccc4)C3C[C@H]2C[C@H]1O. The first-order valence-corrected chi connectivity index (χ1v) is 15.3. The van der Waals surface area contributed by atoms with E-state index in [9.17, 15) is 20.2 Å². The van der Waals surface area contributed by atoms with Crippen LogP contribution in [0.4, 0.5) is 0 Å². The second-order valence-corrected chi connectivity index (χ2v) is 12.2. The predicted molar refractivity (Wildman–Crippen MR) is 148 cm³/mol. The maximum atomic E-state index is 12.4. The van der Waals surface area contributed by atoms with Crippen LogP contribution in [0.15, 0.2) is 30.3 Å². The van der Waals surface area contributed by atoms with Gasteiger partial charge >= 0.3 is 0 Å². The molecule has 3 saturated carbocycles. The number of hydroxylamine groups is 2. The number of aliphatic hydroxyl groups excluding tert-OH is 2. The van der Waals surface area contributed by atoms with Crippen molar-refractivity contribution in [1.82, 2.24) is 10.5 Å². The number of hydrogen-bond acceptors (Lipinski definition) is 7. The second-order valence-electron chi connectivity index (χ2n) is 12.2. The van der Waals surface area contributed by atoms with Gasteiger partial charge < -0.3 is 20.3 Å². The summed E-state index contributed by atoms with van der Waals surface area (Å²) in [6.07, 6.45) is 11.9. The van der Waals surface area contributed by atoms with E-state index in [1.165, 1.54) is 19.3 Å². The number of benzene rings is 1. The second kappa shape index (κ2) is 15.5. The molecule has 0 aromatic heterocycles. The Morgan fingerprint density at radius 3 is 2.67 bits per heavy atom. The lowest BCUT2D eigenvalue weighted by atomic mass is 9.61. The molecule has 3 fully saturated rings. The van der Waals surface area contributed by atoms with Crippen molar-refractivity contribution in [3.8, 4) is 0 Å². The summed E-state index contributed by atoms with van der Waals surface area (Å²) in [4.78, 5) is 17.7. The van der Waals surface area contributed by atoms with Gasteiger partial charge in [-0.05, 0) is 91.7 Å². The number of unbranched alkanes of at least 4 members (excludes halogenated alkanes) is 2. The van der Waals surface area contributed by atoms with Crippen LogP contribution in [0.1, 0.15) is 89.5 Å². The van der Waals surface area contributed by atoms with Crippen LogP contribution in [0.5, 0.6) is 0 Å². The zero-order valence-electron chi connectivity index (χ0n) is 23.6. The van der Waals surface area contributed by atoms with Crippen LogP contribution in [-0.4, -0.2) is 58.1 Å². The molecule has 220 valence electrons. The highest BCUT2D eigenvalue weighted by Gasteiger charge is 2.50. The summed E-state index contributed by atoms with van der Waals surface area (Å²) in [5.41, 5.74) is 0.925. The number of fused-ring (bicyclic) bond motifs is 2. The molecule has 0 saturated heterocycles. The van der Waals surface area contributed by atoms with Crippen LogP contribution in [0, 0.1) is 29.6 Å². The molecule has 3 aliphatic carbocycles. The van der Waals surface area contributed by atoms with Crippen molar-refractivity contribution in [2.45, 2.75) is 109 Å². The molecular weight excluding hydrogens is 496 g/mol. The maximum absolute atomic E-state index is 12.4. The summed E-state index contributed by atoms with van der Waals surface area (Å²) >= 11 is 0. The molecule has 1 amide bonds. The third-order valence-corrected chi connectivity index (χ3v) is 9.53. The Morgan fingerprint density at radius 1 is 1.08 bits per heavy atom. The number of carbonyl (C=O) groups excluding carboxylic acids is 1. The highest BCUT2D eigenvalue weighted by molar-refractivity contribution is 5.77. The fourth-order valence-electron chi connectivity index (χ4n) is 7.51. The Morgan fingerprint density at radius 2 is 1.87 bits per heavy atom. The minimum absolute atomic E-state index is 0.0321. The van der Waals surface area contributed by atoms with E-state index in [4.69, 9.17) is 9.57 Å². The fraction of sp³-hybridized carbons (Fsp3) is 0.774. The molecule has 8 atom stereocenters. The number of nitrogens with one attached hydrogen (secondary N) is 1. The molecule has 0 spiro atoms. The average molecular weight is 547 g/mol. The van der Waals surface area contributed by atoms with Gasteiger partial charge in [0.15, 0.2) is 0 Å². The van der Waals surface area contributed by atoms with E-state index in [-0.39, 0.29) is 44.1 Å². The molecule has 0 bridgehead atoms. The third-order valence-electron chi connectivity index (χ3n) is 9.53. The highest BCUT2D eigenvalue weighted by Crippen LogP contribution is 2.54. The van der Waals surface area contributed by atoms with Crippen LogP contribution in [-0.2, 0) is 21.0 Å². The van der Waals surface area contributed by atoms with E-state index >= 15 is 0 Å². The number of ether oxygens (including phenoxy) is 1. The number of rotatable bonds is 15. The third kappa shape index (κ3) is 8.97. The van der Waals surface area contributed by atoms with Gasteiger partial charge in [0.1, 0.15) is 13.3 Å². The first-order valence-electron chi connectivity index (χ1n) is 15.3. The van der Waals surface area contributed by atoms with Gasteiger partial charge in [-0.25, -0.2) is 0 Å². The van der Waals surface area contributed by atoms with Gasteiger partial charge in [0.2, 0.25) is 5.91 Å². The van der Waals surface area contributed by atoms with Crippen LogP contribution in [0.2, 0.25) is 0 Å². The van der Waals surface area contributed by atoms with Crippen molar-refractivity contribution in [3.63, 3.8) is 0 Å². The molecular formula is C31H50N2O6. The molecule has 4 rings (SSSR count). The van der Waals surface area contributed by atoms with E-state index in [2.05, 4.69) is 12.2 Å². The molecule has 0 heterocycles. The van der Waals surface area contributed by atoms with Gasteiger partial charge in [-0.15, -0.1) is 0 Å². The first kappa shape index (κ1) is 30.4. The molecule has 1 aromatic carbocycles. The molecule has 8 nitrogen and oxygen atoms in total. The molecule has 3 unspecified atom stereocenters. The Labute approximate surface area is 234 Å². The van der Waals surface area contributed by atoms with Gasteiger partial charge in [-0.1, -0.05) is 62.9 Å². The van der Waals surface area contributed by atoms with Gasteiger partial charge in [-0.3, -0.25) is 14.8 Å². The lowest BCUT2D eigenvalue weighted by Crippen LogP contribution is -2.44. The normalized spacial score (nSPS) is 31.1. The van der Waals surface area contributed by atoms with Gasteiger partial charge in [0.25, 0.3) is 0 Å². The first-order chi connectivity index (χ1) is 18.9. The maximum Gasteiger partial charge on any atom is 0.247 e. The molecule has 8 heteroatoms. The fourth-order valence-corrected chi connectivity index (χ4v) is 7.51. The predicted octanol–water partition coefficient (Wildman–Crippen LogP) is 4.81. The Balaban J connectivity index is 1.18. The van der Waals surface area contributed by atoms with E-state index < -0.39 is 0 Å². The lowest BCUT2D eigenvalue weighted by molar-refractivity contribution is -0.349. The molecule has 39 heavy (non-hydrogen) atoms. The monoisotopic (exact) mass is 546 g/mol. The van der Waals surface area contributed by atoms with Crippen LogP contribution in [0.25, 0.3) is 0 Å². The average Bonchev–Trinajstić information content (AvgIpc) is 3.25. The molecule has 3 aliphatic rings. The summed E-state index contributed by atoms with van der Waals surface area (Å²) in [5.74, 6) is 2.08. The standard InChI is InChI=1S/C31H50N2O6/c1-2-3-5-12-25(34)14-15-26-27-16-23-11-8-13-30(28(23)17-24(27)18-29(26)35)38-20-31(36)32-21-33(37)39-19-22-9-6-4-7-10-22/h4,6-7,9-10,23-30,34-35,37H,2-3,5,8,11-21H2,1H3,(H,32,36)/t23?,24-,25-,26+,27-,28?,29+,30?/m0/s1. The summed E-state index contributed by atoms with van der Waals surface area (Å²) < 4.78 is 6.16. The number of hydrogen-bond donors (Lipinski definition) is 4. The van der Waals surface area contributed by atoms with Crippen molar-refractivity contribution >= 4 is 5.91 Å². The topological polar surface area (TPSA) is 111 Å². The largest absolute Gasteiger partial charge is 0.393 e. The molecule has 4 N–H and O–H groups in total. The number of aliphatic hydroxyl groups is 2. The minimum atomic E-state index is -0.276. The van der Waals surface area contributed by atoms with Crippen LogP contribution >= 0.6 is 0 Å². The Hall–Kier alpha value is -1.55. The van der Waals surface area contributed by atoms with E-state index in [0.717, 1.165) is 63.4 Å². The van der Waals surface area contributed by atoms with Crippen molar-refractivity contribution in [1.29, 1.82) is 0 Å². The van der Waals surface area contributed by atoms with Gasteiger partial charge in [0.05, 0.1) is 24.9 Å². The molecule has 1 aromatic rings. The van der Waals surface area contributed by atoms with E-state index in [0.29, 0.717) is 34.8 Å². The molecule has 0 aliphatic heterocycles. The van der Waals surface area contributed by atoms with E-state index in [1.807, 2.05) is 30.3 Å². The van der Waals surface area contributed by atoms with Crippen LogP contribution < -0.4 is 5.32 Å². The number of nitrogens with zero attached hydrogens (tertiary/aromatic N) is 1. The van der Waals surface area contributed by atoms with Gasteiger partial charge in [-0.2, -0.15) is 0 Å². The lowest BCUT2D eigenvalue weighted by Gasteiger charge is -2.46. The highest BCUT2D eigenvalue weighted by atomic mass is 16.9. The quantitative estimate of drug-likeness (QED) is 0.142. The Bertz CT molecular complexity index is 857. The van der Waals surface area contributed by atoms with Crippen molar-refractivity contribution in [2.75, 3.05) is 13.3 Å². The smallest absolute Gasteiger partial charge is 0.247 e.